The average Bonchev–Trinajstić information content (AvgIpc) is 3.02. The lowest BCUT2D eigenvalue weighted by Crippen LogP contribution is -1.96. The number of halogens is 2. The second kappa shape index (κ2) is 6.09. The highest BCUT2D eigenvalue weighted by molar-refractivity contribution is 5.81. The molecule has 4 rings (SSSR count). The lowest BCUT2D eigenvalue weighted by molar-refractivity contribution is 0.627. The molecule has 0 N–H and O–H groups in total. The van der Waals surface area contributed by atoms with E-state index in [0.29, 0.717) is 5.65 Å². The second-order valence-corrected chi connectivity index (χ2v) is 5.75. The van der Waals surface area contributed by atoms with E-state index in [1.54, 1.807) is 35.0 Å². The molecule has 0 aliphatic carbocycles. The van der Waals surface area contributed by atoms with Crippen LogP contribution in [0.15, 0.2) is 60.8 Å². The van der Waals surface area contributed by atoms with Gasteiger partial charge in [-0.3, -0.25) is 0 Å². The molecule has 0 radical (unpaired) electrons. The molecule has 0 atom stereocenters. The first-order valence-corrected chi connectivity index (χ1v) is 8.06. The summed E-state index contributed by atoms with van der Waals surface area (Å²) in [4.78, 5) is 4.48. The summed E-state index contributed by atoms with van der Waals surface area (Å²) in [6.07, 6.45) is 2.43. The van der Waals surface area contributed by atoms with Gasteiger partial charge in [-0.1, -0.05) is 19.1 Å². The van der Waals surface area contributed by atoms with Crippen LogP contribution in [-0.4, -0.2) is 14.6 Å². The third-order valence-corrected chi connectivity index (χ3v) is 4.20. The minimum Gasteiger partial charge on any atom is -0.236 e. The van der Waals surface area contributed by atoms with Gasteiger partial charge in [-0.25, -0.2) is 18.3 Å². The van der Waals surface area contributed by atoms with Crippen LogP contribution in [0.4, 0.5) is 8.78 Å². The SMILES string of the molecule is CCc1nn2c(-c3ccc(F)cc3)ccnc2c1-c1ccc(F)cc1. The van der Waals surface area contributed by atoms with E-state index in [4.69, 9.17) is 5.10 Å². The van der Waals surface area contributed by atoms with Gasteiger partial charge in [0.05, 0.1) is 11.4 Å². The summed E-state index contributed by atoms with van der Waals surface area (Å²) in [6.45, 7) is 2.02. The van der Waals surface area contributed by atoms with Gasteiger partial charge < -0.3 is 0 Å². The Morgan fingerprint density at radius 3 is 2.04 bits per heavy atom. The maximum absolute atomic E-state index is 13.3. The Bertz CT molecular complexity index is 1040. The Balaban J connectivity index is 1.97. The van der Waals surface area contributed by atoms with Crippen LogP contribution in [0.3, 0.4) is 0 Å². The Kier molecular flexibility index (Phi) is 3.76. The lowest BCUT2D eigenvalue weighted by Gasteiger charge is -2.05. The highest BCUT2D eigenvalue weighted by Gasteiger charge is 2.17. The maximum Gasteiger partial charge on any atom is 0.163 e. The first-order chi connectivity index (χ1) is 12.2. The van der Waals surface area contributed by atoms with E-state index in [1.165, 1.54) is 24.3 Å². The van der Waals surface area contributed by atoms with Crippen LogP contribution in [0.5, 0.6) is 0 Å². The molecule has 25 heavy (non-hydrogen) atoms. The standard InChI is InChI=1S/C20H15F2N3/c1-2-17-19(14-5-9-16(22)10-6-14)20-23-12-11-18(25(20)24-17)13-3-7-15(21)8-4-13/h3-12H,2H2,1H3. The number of rotatable bonds is 3. The molecule has 0 aliphatic heterocycles. The number of nitrogens with zero attached hydrogens (tertiary/aromatic N) is 3. The van der Waals surface area contributed by atoms with Crippen molar-refractivity contribution in [1.82, 2.24) is 14.6 Å². The molecular weight excluding hydrogens is 320 g/mol. The number of benzene rings is 2. The molecule has 0 amide bonds. The Hall–Kier alpha value is -3.08. The van der Waals surface area contributed by atoms with Gasteiger partial charge in [0.15, 0.2) is 5.65 Å². The Labute approximate surface area is 143 Å². The van der Waals surface area contributed by atoms with Crippen molar-refractivity contribution in [3.63, 3.8) is 0 Å². The van der Waals surface area contributed by atoms with Crippen LogP contribution in [0, 0.1) is 11.6 Å². The third-order valence-electron chi connectivity index (χ3n) is 4.20. The monoisotopic (exact) mass is 335 g/mol. The van der Waals surface area contributed by atoms with E-state index in [-0.39, 0.29) is 11.6 Å². The molecule has 3 nitrogen and oxygen atoms in total. The van der Waals surface area contributed by atoms with E-state index in [1.807, 2.05) is 13.0 Å². The molecule has 0 spiro atoms. The minimum absolute atomic E-state index is 0.279. The fourth-order valence-corrected chi connectivity index (χ4v) is 2.99. The molecule has 0 bridgehead atoms. The van der Waals surface area contributed by atoms with Crippen molar-refractivity contribution >= 4 is 5.65 Å². The summed E-state index contributed by atoms with van der Waals surface area (Å²) in [7, 11) is 0. The fourth-order valence-electron chi connectivity index (χ4n) is 2.99. The summed E-state index contributed by atoms with van der Waals surface area (Å²) < 4.78 is 28.3. The van der Waals surface area contributed by atoms with E-state index < -0.39 is 0 Å². The Morgan fingerprint density at radius 2 is 1.44 bits per heavy atom. The number of fused-ring (bicyclic) bond motifs is 1. The first-order valence-electron chi connectivity index (χ1n) is 8.06. The zero-order chi connectivity index (χ0) is 17.4. The summed E-state index contributed by atoms with van der Waals surface area (Å²) >= 11 is 0. The van der Waals surface area contributed by atoms with Crippen molar-refractivity contribution in [3.8, 4) is 22.4 Å². The smallest absolute Gasteiger partial charge is 0.163 e. The van der Waals surface area contributed by atoms with Gasteiger partial charge in [0.25, 0.3) is 0 Å². The van der Waals surface area contributed by atoms with Crippen molar-refractivity contribution < 1.29 is 8.78 Å². The summed E-state index contributed by atoms with van der Waals surface area (Å²) in [5.74, 6) is -0.561. The molecule has 2 aromatic heterocycles. The Morgan fingerprint density at radius 1 is 0.840 bits per heavy atom. The van der Waals surface area contributed by atoms with Crippen LogP contribution in [-0.2, 0) is 6.42 Å². The van der Waals surface area contributed by atoms with Crippen LogP contribution < -0.4 is 0 Å². The van der Waals surface area contributed by atoms with E-state index in [2.05, 4.69) is 4.98 Å². The fraction of sp³-hybridized carbons (Fsp3) is 0.100. The average molecular weight is 335 g/mol. The van der Waals surface area contributed by atoms with Crippen molar-refractivity contribution in [2.24, 2.45) is 0 Å². The number of aromatic nitrogens is 3. The van der Waals surface area contributed by atoms with Gasteiger partial charge in [-0.15, -0.1) is 0 Å². The predicted molar refractivity (Wildman–Crippen MR) is 93.2 cm³/mol. The van der Waals surface area contributed by atoms with Crippen LogP contribution >= 0.6 is 0 Å². The van der Waals surface area contributed by atoms with Gasteiger partial charge in [0.2, 0.25) is 0 Å². The first kappa shape index (κ1) is 15.4. The predicted octanol–water partition coefficient (Wildman–Crippen LogP) is 4.90. The molecule has 5 heteroatoms. The highest BCUT2D eigenvalue weighted by atomic mass is 19.1. The zero-order valence-electron chi connectivity index (χ0n) is 13.6. The third kappa shape index (κ3) is 2.67. The van der Waals surface area contributed by atoms with Crippen LogP contribution in [0.25, 0.3) is 28.0 Å². The maximum atomic E-state index is 13.3. The zero-order valence-corrected chi connectivity index (χ0v) is 13.6. The molecule has 2 aromatic carbocycles. The van der Waals surface area contributed by atoms with Crippen molar-refractivity contribution in [1.29, 1.82) is 0 Å². The molecule has 0 unspecified atom stereocenters. The highest BCUT2D eigenvalue weighted by Crippen LogP contribution is 2.30. The van der Waals surface area contributed by atoms with Crippen LogP contribution in [0.2, 0.25) is 0 Å². The molecule has 0 saturated heterocycles. The molecule has 4 aromatic rings. The summed E-state index contributed by atoms with van der Waals surface area (Å²) in [6, 6.07) is 14.5. The van der Waals surface area contributed by atoms with Crippen molar-refractivity contribution in [3.05, 3.63) is 78.1 Å². The topological polar surface area (TPSA) is 30.2 Å². The number of hydrogen-bond donors (Lipinski definition) is 0. The lowest BCUT2D eigenvalue weighted by atomic mass is 10.0. The number of hydrogen-bond acceptors (Lipinski definition) is 2. The molecular formula is C20H15F2N3. The second-order valence-electron chi connectivity index (χ2n) is 5.75. The molecule has 124 valence electrons. The molecule has 0 fully saturated rings. The normalized spacial score (nSPS) is 11.2. The van der Waals surface area contributed by atoms with Gasteiger partial charge in [0.1, 0.15) is 11.6 Å². The van der Waals surface area contributed by atoms with E-state index in [9.17, 15) is 8.78 Å². The molecule has 0 aliphatic rings. The summed E-state index contributed by atoms with van der Waals surface area (Å²) in [5, 5.41) is 4.70. The van der Waals surface area contributed by atoms with Gasteiger partial charge in [0, 0.05) is 17.3 Å². The summed E-state index contributed by atoms with van der Waals surface area (Å²) in [5.41, 5.74) is 5.03. The van der Waals surface area contributed by atoms with Crippen molar-refractivity contribution in [2.75, 3.05) is 0 Å². The quantitative estimate of drug-likeness (QED) is 0.533. The number of aryl methyl sites for hydroxylation is 1. The van der Waals surface area contributed by atoms with E-state index in [0.717, 1.165) is 34.5 Å². The van der Waals surface area contributed by atoms with Crippen molar-refractivity contribution in [2.45, 2.75) is 13.3 Å². The molecule has 0 saturated carbocycles. The van der Waals surface area contributed by atoms with E-state index >= 15 is 0 Å². The van der Waals surface area contributed by atoms with Gasteiger partial charge in [-0.2, -0.15) is 5.10 Å². The van der Waals surface area contributed by atoms with Gasteiger partial charge >= 0.3 is 0 Å². The van der Waals surface area contributed by atoms with Crippen LogP contribution in [0.1, 0.15) is 12.6 Å². The van der Waals surface area contributed by atoms with Gasteiger partial charge in [-0.05, 0) is 54.4 Å². The largest absolute Gasteiger partial charge is 0.236 e. The molecule has 2 heterocycles. The minimum atomic E-state index is -0.282.